The van der Waals surface area contributed by atoms with Crippen molar-refractivity contribution in [3.63, 3.8) is 0 Å². The van der Waals surface area contributed by atoms with E-state index in [4.69, 9.17) is 5.11 Å². The number of carbonyl (C=O) groups is 1. The number of nitrogens with zero attached hydrogens (tertiary/aromatic N) is 1. The molecule has 1 heterocycles. The summed E-state index contributed by atoms with van der Waals surface area (Å²) in [5.74, 6) is -0.424. The van der Waals surface area contributed by atoms with Gasteiger partial charge in [-0.3, -0.25) is 4.79 Å². The van der Waals surface area contributed by atoms with Crippen LogP contribution in [0.4, 0.5) is 5.95 Å². The SMILES string of the molecule is Cc1ccc2nc(NC(C)C(=O)O)[nH]c2c1. The molecule has 84 valence electrons. The summed E-state index contributed by atoms with van der Waals surface area (Å²) in [5.41, 5.74) is 2.86. The number of anilines is 1. The number of imidazole rings is 1. The van der Waals surface area contributed by atoms with E-state index in [-0.39, 0.29) is 0 Å². The lowest BCUT2D eigenvalue weighted by Gasteiger charge is -2.06. The third kappa shape index (κ3) is 1.98. The number of hydrogen-bond acceptors (Lipinski definition) is 3. The quantitative estimate of drug-likeness (QED) is 0.735. The molecule has 0 radical (unpaired) electrons. The lowest BCUT2D eigenvalue weighted by molar-refractivity contribution is -0.137. The Balaban J connectivity index is 2.29. The molecule has 2 rings (SSSR count). The molecule has 5 nitrogen and oxygen atoms in total. The van der Waals surface area contributed by atoms with Gasteiger partial charge in [-0.05, 0) is 31.5 Å². The molecule has 1 unspecified atom stereocenters. The lowest BCUT2D eigenvalue weighted by atomic mass is 10.2. The van der Waals surface area contributed by atoms with Crippen LogP contribution in [0.15, 0.2) is 18.2 Å². The topological polar surface area (TPSA) is 78.0 Å². The highest BCUT2D eigenvalue weighted by atomic mass is 16.4. The molecule has 0 amide bonds. The third-order valence-electron chi connectivity index (χ3n) is 2.36. The molecule has 0 fully saturated rings. The van der Waals surface area contributed by atoms with Crippen LogP contribution in [0.5, 0.6) is 0 Å². The molecular weight excluding hydrogens is 206 g/mol. The molecule has 0 aliphatic heterocycles. The summed E-state index contributed by atoms with van der Waals surface area (Å²) in [4.78, 5) is 18.0. The van der Waals surface area contributed by atoms with Crippen molar-refractivity contribution >= 4 is 23.0 Å². The summed E-state index contributed by atoms with van der Waals surface area (Å²) in [7, 11) is 0. The summed E-state index contributed by atoms with van der Waals surface area (Å²) < 4.78 is 0. The predicted octanol–water partition coefficient (Wildman–Crippen LogP) is 1.76. The van der Waals surface area contributed by atoms with Crippen molar-refractivity contribution in [1.29, 1.82) is 0 Å². The number of aliphatic carboxylic acids is 1. The molecule has 0 spiro atoms. The molecule has 1 atom stereocenters. The number of nitrogens with one attached hydrogen (secondary N) is 2. The molecular formula is C11H13N3O2. The Morgan fingerprint density at radius 3 is 3.00 bits per heavy atom. The summed E-state index contributed by atoms with van der Waals surface area (Å²) in [6, 6.07) is 5.17. The second-order valence-electron chi connectivity index (χ2n) is 3.81. The first-order chi connectivity index (χ1) is 7.56. The fourth-order valence-electron chi connectivity index (χ4n) is 1.46. The van der Waals surface area contributed by atoms with E-state index >= 15 is 0 Å². The van der Waals surface area contributed by atoms with Crippen molar-refractivity contribution in [2.45, 2.75) is 19.9 Å². The molecule has 0 bridgehead atoms. The molecule has 3 N–H and O–H groups in total. The monoisotopic (exact) mass is 219 g/mol. The minimum absolute atomic E-state index is 0.482. The summed E-state index contributed by atoms with van der Waals surface area (Å²) in [6.45, 7) is 3.56. The van der Waals surface area contributed by atoms with E-state index in [1.54, 1.807) is 6.92 Å². The van der Waals surface area contributed by atoms with E-state index in [9.17, 15) is 4.79 Å². The van der Waals surface area contributed by atoms with Crippen LogP contribution in [-0.2, 0) is 4.79 Å². The second-order valence-corrected chi connectivity index (χ2v) is 3.81. The van der Waals surface area contributed by atoms with Gasteiger partial charge in [-0.1, -0.05) is 6.07 Å². The predicted molar refractivity (Wildman–Crippen MR) is 61.6 cm³/mol. The standard InChI is InChI=1S/C11H13N3O2/c1-6-3-4-8-9(5-6)14-11(13-8)12-7(2)10(15)16/h3-5,7H,1-2H3,(H,15,16)(H2,12,13,14). The van der Waals surface area contributed by atoms with E-state index in [1.165, 1.54) is 0 Å². The molecule has 16 heavy (non-hydrogen) atoms. The van der Waals surface area contributed by atoms with Gasteiger partial charge in [0.05, 0.1) is 11.0 Å². The minimum Gasteiger partial charge on any atom is -0.480 e. The second kappa shape index (κ2) is 3.84. The van der Waals surface area contributed by atoms with Gasteiger partial charge in [0.25, 0.3) is 0 Å². The van der Waals surface area contributed by atoms with Gasteiger partial charge in [-0.25, -0.2) is 4.98 Å². The van der Waals surface area contributed by atoms with Crippen LogP contribution in [0, 0.1) is 6.92 Å². The molecule has 2 aromatic rings. The van der Waals surface area contributed by atoms with Gasteiger partial charge in [0.2, 0.25) is 5.95 Å². The van der Waals surface area contributed by atoms with E-state index < -0.39 is 12.0 Å². The number of carboxylic acids is 1. The Labute approximate surface area is 92.5 Å². The molecule has 0 aliphatic carbocycles. The van der Waals surface area contributed by atoms with Crippen molar-refractivity contribution in [1.82, 2.24) is 9.97 Å². The van der Waals surface area contributed by atoms with E-state index in [0.29, 0.717) is 5.95 Å². The van der Waals surface area contributed by atoms with Gasteiger partial charge in [0.1, 0.15) is 6.04 Å². The van der Waals surface area contributed by atoms with Crippen LogP contribution in [0.3, 0.4) is 0 Å². The summed E-state index contributed by atoms with van der Waals surface area (Å²) in [5, 5.41) is 11.5. The van der Waals surface area contributed by atoms with Crippen LogP contribution in [0.1, 0.15) is 12.5 Å². The van der Waals surface area contributed by atoms with Crippen LogP contribution in [0.2, 0.25) is 0 Å². The Morgan fingerprint density at radius 1 is 1.56 bits per heavy atom. The largest absolute Gasteiger partial charge is 0.480 e. The van der Waals surface area contributed by atoms with Crippen LogP contribution < -0.4 is 5.32 Å². The first kappa shape index (κ1) is 10.5. The molecule has 0 saturated carbocycles. The fourth-order valence-corrected chi connectivity index (χ4v) is 1.46. The zero-order valence-corrected chi connectivity index (χ0v) is 9.11. The number of hydrogen-bond donors (Lipinski definition) is 3. The lowest BCUT2D eigenvalue weighted by Crippen LogP contribution is -2.25. The first-order valence-electron chi connectivity index (χ1n) is 5.02. The highest BCUT2D eigenvalue weighted by Crippen LogP contribution is 2.16. The van der Waals surface area contributed by atoms with Gasteiger partial charge >= 0.3 is 5.97 Å². The fraction of sp³-hybridized carbons (Fsp3) is 0.273. The maximum absolute atomic E-state index is 10.7. The van der Waals surface area contributed by atoms with Crippen molar-refractivity contribution in [2.24, 2.45) is 0 Å². The number of carboxylic acid groups (broad SMARTS) is 1. The van der Waals surface area contributed by atoms with Crippen LogP contribution in [-0.4, -0.2) is 27.1 Å². The van der Waals surface area contributed by atoms with Crippen LogP contribution in [0.25, 0.3) is 11.0 Å². The first-order valence-corrected chi connectivity index (χ1v) is 5.02. The highest BCUT2D eigenvalue weighted by Gasteiger charge is 2.12. The number of H-pyrrole nitrogens is 1. The molecule has 1 aromatic carbocycles. The van der Waals surface area contributed by atoms with Crippen molar-refractivity contribution in [2.75, 3.05) is 5.32 Å². The zero-order chi connectivity index (χ0) is 11.7. The van der Waals surface area contributed by atoms with Gasteiger partial charge in [0, 0.05) is 0 Å². The average molecular weight is 219 g/mol. The third-order valence-corrected chi connectivity index (χ3v) is 2.36. The molecule has 0 saturated heterocycles. The highest BCUT2D eigenvalue weighted by molar-refractivity contribution is 5.80. The van der Waals surface area contributed by atoms with Crippen molar-refractivity contribution in [3.05, 3.63) is 23.8 Å². The minimum atomic E-state index is -0.906. The number of fused-ring (bicyclic) bond motifs is 1. The number of rotatable bonds is 3. The number of aromatic amines is 1. The van der Waals surface area contributed by atoms with Crippen molar-refractivity contribution in [3.8, 4) is 0 Å². The Bertz CT molecular complexity index is 533. The number of aryl methyl sites for hydroxylation is 1. The number of aromatic nitrogens is 2. The maximum atomic E-state index is 10.7. The van der Waals surface area contributed by atoms with Crippen LogP contribution >= 0.6 is 0 Å². The van der Waals surface area contributed by atoms with E-state index in [1.807, 2.05) is 25.1 Å². The summed E-state index contributed by atoms with van der Waals surface area (Å²) >= 11 is 0. The van der Waals surface area contributed by atoms with Gasteiger partial charge < -0.3 is 15.4 Å². The molecule has 0 aliphatic rings. The molecule has 1 aromatic heterocycles. The smallest absolute Gasteiger partial charge is 0.325 e. The Hall–Kier alpha value is -2.04. The average Bonchev–Trinajstić information content (AvgIpc) is 2.58. The van der Waals surface area contributed by atoms with Gasteiger partial charge in [-0.2, -0.15) is 0 Å². The zero-order valence-electron chi connectivity index (χ0n) is 9.11. The van der Waals surface area contributed by atoms with E-state index in [0.717, 1.165) is 16.6 Å². The van der Waals surface area contributed by atoms with Crippen molar-refractivity contribution < 1.29 is 9.90 Å². The summed E-state index contributed by atoms with van der Waals surface area (Å²) in [6.07, 6.45) is 0. The molecule has 5 heteroatoms. The van der Waals surface area contributed by atoms with Gasteiger partial charge in [-0.15, -0.1) is 0 Å². The van der Waals surface area contributed by atoms with E-state index in [2.05, 4.69) is 15.3 Å². The Morgan fingerprint density at radius 2 is 2.31 bits per heavy atom. The Kier molecular flexibility index (Phi) is 2.52. The number of benzene rings is 1. The van der Waals surface area contributed by atoms with Gasteiger partial charge in [0.15, 0.2) is 0 Å². The maximum Gasteiger partial charge on any atom is 0.325 e. The normalized spacial score (nSPS) is 12.6.